The second-order valence-electron chi connectivity index (χ2n) is 6.21. The van der Waals surface area contributed by atoms with E-state index in [0.29, 0.717) is 32.7 Å². The molecule has 4 rings (SSSR count). The van der Waals surface area contributed by atoms with Crippen molar-refractivity contribution in [2.75, 3.05) is 5.73 Å². The number of aromatic nitrogens is 1. The van der Waals surface area contributed by atoms with Gasteiger partial charge < -0.3 is 11.1 Å². The van der Waals surface area contributed by atoms with Crippen LogP contribution in [-0.4, -0.2) is 10.9 Å². The van der Waals surface area contributed by atoms with E-state index in [0.717, 1.165) is 16.5 Å². The molecule has 3 N–H and O–H groups in total. The Hall–Kier alpha value is -2.96. The molecule has 28 heavy (non-hydrogen) atoms. The zero-order valence-electron chi connectivity index (χ0n) is 14.6. The highest BCUT2D eigenvalue weighted by molar-refractivity contribution is 7.21. The van der Waals surface area contributed by atoms with Gasteiger partial charge in [0.1, 0.15) is 15.5 Å². The first kappa shape index (κ1) is 18.4. The van der Waals surface area contributed by atoms with Gasteiger partial charge in [0.05, 0.1) is 11.4 Å². The van der Waals surface area contributed by atoms with Crippen LogP contribution < -0.4 is 11.1 Å². The topological polar surface area (TPSA) is 68.0 Å². The molecule has 0 spiro atoms. The Morgan fingerprint density at radius 1 is 1.14 bits per heavy atom. The minimum Gasteiger partial charge on any atom is -0.397 e. The molecule has 0 aliphatic heterocycles. The van der Waals surface area contributed by atoms with Gasteiger partial charge in [-0.3, -0.25) is 4.79 Å². The minimum absolute atomic E-state index is 0.260. The second-order valence-corrected chi connectivity index (χ2v) is 7.65. The molecule has 0 bridgehead atoms. The molecule has 0 saturated carbocycles. The third-order valence-corrected chi connectivity index (χ3v) is 5.63. The Labute approximate surface area is 169 Å². The molecule has 0 radical (unpaired) electrons. The van der Waals surface area contributed by atoms with Crippen LogP contribution in [0.5, 0.6) is 0 Å². The molecular formula is C21H15ClFN3OS. The summed E-state index contributed by atoms with van der Waals surface area (Å²) < 4.78 is 13.1. The average Bonchev–Trinajstić information content (AvgIpc) is 3.03. The van der Waals surface area contributed by atoms with Crippen molar-refractivity contribution in [1.82, 2.24) is 10.3 Å². The minimum atomic E-state index is -0.302. The van der Waals surface area contributed by atoms with Gasteiger partial charge in [0.2, 0.25) is 0 Å². The Morgan fingerprint density at radius 2 is 1.93 bits per heavy atom. The molecule has 0 aliphatic rings. The predicted octanol–water partition coefficient (Wildman–Crippen LogP) is 5.27. The fourth-order valence-corrected chi connectivity index (χ4v) is 4.08. The van der Waals surface area contributed by atoms with Crippen LogP contribution in [0.2, 0.25) is 5.02 Å². The number of nitrogens with zero attached hydrogens (tertiary/aromatic N) is 1. The molecule has 4 nitrogen and oxygen atoms in total. The number of fused-ring (bicyclic) bond motifs is 1. The average molecular weight is 412 g/mol. The lowest BCUT2D eigenvalue weighted by Gasteiger charge is -2.05. The first-order valence-corrected chi connectivity index (χ1v) is 9.68. The largest absolute Gasteiger partial charge is 0.397 e. The molecule has 0 fully saturated rings. The number of nitrogens with two attached hydrogens (primary N) is 1. The van der Waals surface area contributed by atoms with Crippen molar-refractivity contribution in [2.45, 2.75) is 6.54 Å². The Balaban J connectivity index is 1.59. The van der Waals surface area contributed by atoms with Gasteiger partial charge in [0.25, 0.3) is 5.91 Å². The number of rotatable bonds is 4. The number of hydrogen-bond donors (Lipinski definition) is 2. The van der Waals surface area contributed by atoms with Crippen LogP contribution >= 0.6 is 22.9 Å². The SMILES string of the molecule is Nc1c(C(=O)NCc2cccc(Cl)c2)sc2nc(-c3ccc(F)cc3)ccc12. The van der Waals surface area contributed by atoms with E-state index in [2.05, 4.69) is 10.3 Å². The normalized spacial score (nSPS) is 10.9. The number of nitrogens with one attached hydrogen (secondary N) is 1. The Morgan fingerprint density at radius 3 is 2.68 bits per heavy atom. The number of nitrogen functional groups attached to an aromatic ring is 1. The van der Waals surface area contributed by atoms with Crippen LogP contribution in [0, 0.1) is 5.82 Å². The third kappa shape index (κ3) is 3.69. The lowest BCUT2D eigenvalue weighted by atomic mass is 10.1. The smallest absolute Gasteiger partial charge is 0.263 e. The van der Waals surface area contributed by atoms with E-state index >= 15 is 0 Å². The van der Waals surface area contributed by atoms with E-state index in [4.69, 9.17) is 17.3 Å². The highest BCUT2D eigenvalue weighted by atomic mass is 35.5. The van der Waals surface area contributed by atoms with Gasteiger partial charge in [-0.1, -0.05) is 23.7 Å². The number of carbonyl (C=O) groups is 1. The van der Waals surface area contributed by atoms with E-state index in [1.54, 1.807) is 24.3 Å². The number of benzene rings is 2. The monoisotopic (exact) mass is 411 g/mol. The van der Waals surface area contributed by atoms with Crippen LogP contribution in [0.1, 0.15) is 15.2 Å². The number of hydrogen-bond acceptors (Lipinski definition) is 4. The first-order chi connectivity index (χ1) is 13.5. The van der Waals surface area contributed by atoms with Gasteiger partial charge in [0.15, 0.2) is 0 Å². The standard InChI is InChI=1S/C21H15ClFN3OS/c22-14-3-1-2-12(10-14)11-25-20(27)19-18(24)16-8-9-17(26-21(16)28-19)13-4-6-15(23)7-5-13/h1-10H,11,24H2,(H,25,27). The summed E-state index contributed by atoms with van der Waals surface area (Å²) in [6, 6.07) is 17.0. The third-order valence-electron chi connectivity index (χ3n) is 4.28. The van der Waals surface area contributed by atoms with Gasteiger partial charge in [0, 0.05) is 22.5 Å². The molecule has 140 valence electrons. The molecule has 2 aromatic heterocycles. The molecule has 1 amide bonds. The van der Waals surface area contributed by atoms with Crippen LogP contribution in [0.3, 0.4) is 0 Å². The second kappa shape index (κ2) is 7.58. The van der Waals surface area contributed by atoms with E-state index in [9.17, 15) is 9.18 Å². The summed E-state index contributed by atoms with van der Waals surface area (Å²) >= 11 is 7.20. The fraction of sp³-hybridized carbons (Fsp3) is 0.0476. The maximum absolute atomic E-state index is 13.1. The van der Waals surface area contributed by atoms with Crippen molar-refractivity contribution < 1.29 is 9.18 Å². The molecule has 7 heteroatoms. The van der Waals surface area contributed by atoms with E-state index in [1.165, 1.54) is 23.5 Å². The number of carbonyl (C=O) groups excluding carboxylic acids is 1. The van der Waals surface area contributed by atoms with E-state index in [1.807, 2.05) is 24.3 Å². The van der Waals surface area contributed by atoms with Crippen molar-refractivity contribution in [3.05, 3.63) is 81.9 Å². The van der Waals surface area contributed by atoms with Crippen LogP contribution in [0.25, 0.3) is 21.5 Å². The lowest BCUT2D eigenvalue weighted by Crippen LogP contribution is -2.22. The molecule has 0 unspecified atom stereocenters. The summed E-state index contributed by atoms with van der Waals surface area (Å²) in [4.78, 5) is 18.3. The zero-order chi connectivity index (χ0) is 19.7. The molecule has 4 aromatic rings. The summed E-state index contributed by atoms with van der Waals surface area (Å²) in [5, 5.41) is 4.20. The number of pyridine rings is 1. The predicted molar refractivity (Wildman–Crippen MR) is 112 cm³/mol. The molecule has 2 aromatic carbocycles. The molecule has 0 atom stereocenters. The van der Waals surface area contributed by atoms with Crippen LogP contribution in [0.15, 0.2) is 60.7 Å². The number of halogens is 2. The first-order valence-electron chi connectivity index (χ1n) is 8.49. The highest BCUT2D eigenvalue weighted by Gasteiger charge is 2.17. The summed E-state index contributed by atoms with van der Waals surface area (Å²) in [7, 11) is 0. The Kier molecular flexibility index (Phi) is 4.98. The van der Waals surface area contributed by atoms with Crippen molar-refractivity contribution >= 4 is 44.7 Å². The molecular weight excluding hydrogens is 397 g/mol. The van der Waals surface area contributed by atoms with Crippen molar-refractivity contribution in [3.8, 4) is 11.3 Å². The molecule has 0 saturated heterocycles. The summed E-state index contributed by atoms with van der Waals surface area (Å²) in [6.45, 7) is 0.349. The van der Waals surface area contributed by atoms with Crippen LogP contribution in [-0.2, 0) is 6.54 Å². The quantitative estimate of drug-likeness (QED) is 0.480. The van der Waals surface area contributed by atoms with E-state index in [-0.39, 0.29) is 11.7 Å². The van der Waals surface area contributed by atoms with Gasteiger partial charge >= 0.3 is 0 Å². The summed E-state index contributed by atoms with van der Waals surface area (Å²) in [6.07, 6.45) is 0. The van der Waals surface area contributed by atoms with Gasteiger partial charge in [-0.05, 0) is 54.1 Å². The fourth-order valence-electron chi connectivity index (χ4n) is 2.86. The maximum Gasteiger partial charge on any atom is 0.263 e. The number of thiophene rings is 1. The molecule has 2 heterocycles. The lowest BCUT2D eigenvalue weighted by molar-refractivity contribution is 0.0956. The number of anilines is 1. The van der Waals surface area contributed by atoms with Crippen molar-refractivity contribution in [1.29, 1.82) is 0 Å². The maximum atomic E-state index is 13.1. The van der Waals surface area contributed by atoms with Crippen molar-refractivity contribution in [3.63, 3.8) is 0 Å². The number of amides is 1. The van der Waals surface area contributed by atoms with Gasteiger partial charge in [-0.2, -0.15) is 0 Å². The van der Waals surface area contributed by atoms with Crippen molar-refractivity contribution in [2.24, 2.45) is 0 Å². The summed E-state index contributed by atoms with van der Waals surface area (Å²) in [5.41, 5.74) is 8.97. The summed E-state index contributed by atoms with van der Waals surface area (Å²) in [5.74, 6) is -0.562. The highest BCUT2D eigenvalue weighted by Crippen LogP contribution is 2.34. The Bertz CT molecular complexity index is 1170. The van der Waals surface area contributed by atoms with E-state index < -0.39 is 0 Å². The van der Waals surface area contributed by atoms with Gasteiger partial charge in [-0.25, -0.2) is 9.37 Å². The van der Waals surface area contributed by atoms with Crippen LogP contribution in [0.4, 0.5) is 10.1 Å². The molecule has 0 aliphatic carbocycles. The zero-order valence-corrected chi connectivity index (χ0v) is 16.2. The van der Waals surface area contributed by atoms with Gasteiger partial charge in [-0.15, -0.1) is 11.3 Å².